The number of carbonyl (C=O) groups excluding carboxylic acids is 1. The Morgan fingerprint density at radius 3 is 2.42 bits per heavy atom. The Morgan fingerprint density at radius 1 is 1.27 bits per heavy atom. The summed E-state index contributed by atoms with van der Waals surface area (Å²) in [6, 6.07) is 4.04. The molecule has 1 aromatic carbocycles. The van der Waals surface area contributed by atoms with Crippen molar-refractivity contribution >= 4 is 11.8 Å². The van der Waals surface area contributed by atoms with E-state index < -0.39 is 29.5 Å². The Morgan fingerprint density at radius 2 is 1.88 bits per heavy atom. The molecule has 1 amide bonds. The highest BCUT2D eigenvalue weighted by molar-refractivity contribution is 5.67. The maximum absolute atomic E-state index is 13.5. The van der Waals surface area contributed by atoms with Crippen LogP contribution in [-0.2, 0) is 17.5 Å². The van der Waals surface area contributed by atoms with Gasteiger partial charge in [0.25, 0.3) is 0 Å². The fourth-order valence-electron chi connectivity index (χ4n) is 2.79. The number of carbonyl (C=O) groups is 1. The van der Waals surface area contributed by atoms with E-state index in [9.17, 15) is 23.1 Å². The highest BCUT2D eigenvalue weighted by Crippen LogP contribution is 2.38. The fourth-order valence-corrected chi connectivity index (χ4v) is 2.79. The van der Waals surface area contributed by atoms with Crippen LogP contribution in [0.2, 0.25) is 0 Å². The molecule has 1 heterocycles. The first-order valence-corrected chi connectivity index (χ1v) is 8.56. The van der Waals surface area contributed by atoms with Gasteiger partial charge in [0, 0.05) is 25.3 Å². The summed E-state index contributed by atoms with van der Waals surface area (Å²) in [5.41, 5.74) is -0.976. The molecule has 0 saturated carbocycles. The second kappa shape index (κ2) is 7.73. The summed E-state index contributed by atoms with van der Waals surface area (Å²) in [5, 5.41) is 12.0. The van der Waals surface area contributed by atoms with Gasteiger partial charge in [0.2, 0.25) is 0 Å². The quantitative estimate of drug-likeness (QED) is 0.847. The lowest BCUT2D eigenvalue weighted by Gasteiger charge is -2.33. The Bertz CT molecular complexity index is 634. The van der Waals surface area contributed by atoms with Crippen molar-refractivity contribution in [2.75, 3.05) is 18.0 Å². The van der Waals surface area contributed by atoms with Gasteiger partial charge in [-0.05, 0) is 51.3 Å². The lowest BCUT2D eigenvalue weighted by Crippen LogP contribution is -2.37. The number of hydrogen-bond acceptors (Lipinski definition) is 4. The second-order valence-electron chi connectivity index (χ2n) is 7.42. The lowest BCUT2D eigenvalue weighted by atomic mass is 10.0. The number of nitrogens with zero attached hydrogens (tertiary/aromatic N) is 1. The topological polar surface area (TPSA) is 61.8 Å². The van der Waals surface area contributed by atoms with Gasteiger partial charge < -0.3 is 20.1 Å². The first-order chi connectivity index (χ1) is 12.0. The molecule has 0 spiro atoms. The monoisotopic (exact) mass is 374 g/mol. The number of anilines is 1. The van der Waals surface area contributed by atoms with Crippen molar-refractivity contribution in [1.82, 2.24) is 5.32 Å². The van der Waals surface area contributed by atoms with Crippen molar-refractivity contribution in [3.63, 3.8) is 0 Å². The SMILES string of the molecule is CC(C)(C)OC(=O)NCc1ccc(N2CCC(O)CC2)c(C(F)(F)F)c1. The normalized spacial score (nSPS) is 16.5. The molecule has 1 saturated heterocycles. The summed E-state index contributed by atoms with van der Waals surface area (Å²) < 4.78 is 45.6. The first-order valence-electron chi connectivity index (χ1n) is 8.56. The van der Waals surface area contributed by atoms with Crippen LogP contribution in [0.5, 0.6) is 0 Å². The minimum atomic E-state index is -4.51. The number of piperidine rings is 1. The van der Waals surface area contributed by atoms with Gasteiger partial charge in [0.15, 0.2) is 0 Å². The molecule has 0 aromatic heterocycles. The zero-order valence-corrected chi connectivity index (χ0v) is 15.2. The van der Waals surface area contributed by atoms with Crippen molar-refractivity contribution in [3.8, 4) is 0 Å². The van der Waals surface area contributed by atoms with E-state index in [1.54, 1.807) is 31.7 Å². The first kappa shape index (κ1) is 20.4. The Hall–Kier alpha value is -1.96. The van der Waals surface area contributed by atoms with Gasteiger partial charge >= 0.3 is 12.3 Å². The summed E-state index contributed by atoms with van der Waals surface area (Å²) in [5.74, 6) is 0. The number of nitrogens with one attached hydrogen (secondary N) is 1. The molecule has 0 aliphatic carbocycles. The van der Waals surface area contributed by atoms with E-state index in [1.807, 2.05) is 0 Å². The molecule has 0 unspecified atom stereocenters. The van der Waals surface area contributed by atoms with Crippen LogP contribution in [0.1, 0.15) is 44.7 Å². The van der Waals surface area contributed by atoms with Crippen molar-refractivity contribution in [2.45, 2.75) is 58.0 Å². The van der Waals surface area contributed by atoms with E-state index >= 15 is 0 Å². The second-order valence-corrected chi connectivity index (χ2v) is 7.42. The number of alkyl halides is 3. The average Bonchev–Trinajstić information content (AvgIpc) is 2.51. The predicted octanol–water partition coefficient (Wildman–Crippen LogP) is 3.69. The van der Waals surface area contributed by atoms with E-state index in [4.69, 9.17) is 4.74 Å². The van der Waals surface area contributed by atoms with Gasteiger partial charge in [-0.15, -0.1) is 0 Å². The maximum Gasteiger partial charge on any atom is 0.418 e. The van der Waals surface area contributed by atoms with Crippen molar-refractivity contribution in [3.05, 3.63) is 29.3 Å². The summed E-state index contributed by atoms with van der Waals surface area (Å²) >= 11 is 0. The third-order valence-corrected chi connectivity index (χ3v) is 4.01. The molecule has 5 nitrogen and oxygen atoms in total. The van der Waals surface area contributed by atoms with Gasteiger partial charge in [0.05, 0.1) is 11.7 Å². The van der Waals surface area contributed by atoms with E-state index in [0.717, 1.165) is 6.07 Å². The zero-order chi connectivity index (χ0) is 19.5. The van der Waals surface area contributed by atoms with Gasteiger partial charge in [-0.2, -0.15) is 13.2 Å². The lowest BCUT2D eigenvalue weighted by molar-refractivity contribution is -0.137. The molecule has 1 aromatic rings. The molecule has 1 aliphatic heterocycles. The fraction of sp³-hybridized carbons (Fsp3) is 0.611. The molecule has 26 heavy (non-hydrogen) atoms. The Labute approximate surface area is 151 Å². The summed E-state index contributed by atoms with van der Waals surface area (Å²) in [6.45, 7) is 5.81. The molecular formula is C18H25F3N2O3. The number of rotatable bonds is 3. The van der Waals surface area contributed by atoms with Crippen LogP contribution in [0.15, 0.2) is 18.2 Å². The van der Waals surface area contributed by atoms with Gasteiger partial charge in [-0.3, -0.25) is 0 Å². The standard InChI is InChI=1S/C18H25F3N2O3/c1-17(2,3)26-16(25)22-11-12-4-5-15(14(10-12)18(19,20)21)23-8-6-13(24)7-9-23/h4-5,10,13,24H,6-9,11H2,1-3H3,(H,22,25). The molecular weight excluding hydrogens is 349 g/mol. The molecule has 8 heteroatoms. The molecule has 0 radical (unpaired) electrons. The minimum absolute atomic E-state index is 0.0585. The van der Waals surface area contributed by atoms with Crippen LogP contribution in [0.25, 0.3) is 0 Å². The molecule has 2 N–H and O–H groups in total. The number of aliphatic hydroxyl groups excluding tert-OH is 1. The summed E-state index contributed by atoms with van der Waals surface area (Å²) in [6.07, 6.45) is -4.76. The summed E-state index contributed by atoms with van der Waals surface area (Å²) in [7, 11) is 0. The van der Waals surface area contributed by atoms with Crippen molar-refractivity contribution in [2.24, 2.45) is 0 Å². The Kier molecular flexibility index (Phi) is 6.05. The number of ether oxygens (including phenoxy) is 1. The number of alkyl carbamates (subject to hydrolysis) is 1. The average molecular weight is 374 g/mol. The van der Waals surface area contributed by atoms with E-state index in [1.165, 1.54) is 6.07 Å². The molecule has 1 fully saturated rings. The minimum Gasteiger partial charge on any atom is -0.444 e. The molecule has 1 aliphatic rings. The molecule has 0 atom stereocenters. The van der Waals surface area contributed by atoms with Crippen LogP contribution in [0.3, 0.4) is 0 Å². The molecule has 0 bridgehead atoms. The van der Waals surface area contributed by atoms with E-state index in [0.29, 0.717) is 31.5 Å². The third-order valence-electron chi connectivity index (χ3n) is 4.01. The zero-order valence-electron chi connectivity index (χ0n) is 15.2. The summed E-state index contributed by atoms with van der Waals surface area (Å²) in [4.78, 5) is 13.3. The highest BCUT2D eigenvalue weighted by atomic mass is 19.4. The molecule has 146 valence electrons. The van der Waals surface area contributed by atoms with E-state index in [-0.39, 0.29) is 12.2 Å². The van der Waals surface area contributed by atoms with Gasteiger partial charge in [-0.25, -0.2) is 4.79 Å². The highest BCUT2D eigenvalue weighted by Gasteiger charge is 2.36. The van der Waals surface area contributed by atoms with Crippen LogP contribution < -0.4 is 10.2 Å². The van der Waals surface area contributed by atoms with Gasteiger partial charge in [-0.1, -0.05) is 6.07 Å². The Balaban J connectivity index is 2.14. The molecule has 2 rings (SSSR count). The van der Waals surface area contributed by atoms with Crippen LogP contribution in [-0.4, -0.2) is 36.0 Å². The van der Waals surface area contributed by atoms with Crippen LogP contribution >= 0.6 is 0 Å². The predicted molar refractivity (Wildman–Crippen MR) is 92.0 cm³/mol. The maximum atomic E-state index is 13.5. The largest absolute Gasteiger partial charge is 0.444 e. The smallest absolute Gasteiger partial charge is 0.418 e. The number of hydrogen-bond donors (Lipinski definition) is 2. The number of amides is 1. The third kappa shape index (κ3) is 5.79. The van der Waals surface area contributed by atoms with Crippen molar-refractivity contribution < 1.29 is 27.8 Å². The van der Waals surface area contributed by atoms with Crippen molar-refractivity contribution in [1.29, 1.82) is 0 Å². The number of aliphatic hydroxyl groups is 1. The number of halogens is 3. The van der Waals surface area contributed by atoms with Crippen LogP contribution in [0, 0.1) is 0 Å². The van der Waals surface area contributed by atoms with Crippen LogP contribution in [0.4, 0.5) is 23.7 Å². The van der Waals surface area contributed by atoms with Gasteiger partial charge in [0.1, 0.15) is 5.60 Å². The number of benzene rings is 1. The van der Waals surface area contributed by atoms with E-state index in [2.05, 4.69) is 5.32 Å².